The molecule has 0 aliphatic carbocycles. The maximum absolute atomic E-state index is 11.0. The summed E-state index contributed by atoms with van der Waals surface area (Å²) in [7, 11) is 0. The average Bonchev–Trinajstić information content (AvgIpc) is 2.78. The van der Waals surface area contributed by atoms with Crippen molar-refractivity contribution in [1.29, 1.82) is 0 Å². The maximum atomic E-state index is 11.0. The van der Waals surface area contributed by atoms with Gasteiger partial charge in [-0.25, -0.2) is 0 Å². The van der Waals surface area contributed by atoms with Crippen molar-refractivity contribution in [3.8, 4) is 5.75 Å². The number of phenolic OH excluding ortho intramolecular Hbond substituents is 1. The van der Waals surface area contributed by atoms with Crippen LogP contribution in [0.1, 0.15) is 88.8 Å². The second kappa shape index (κ2) is 11.5. The van der Waals surface area contributed by atoms with Crippen molar-refractivity contribution in [1.82, 2.24) is 5.32 Å². The fraction of sp³-hybridized carbons (Fsp3) is 0.517. The summed E-state index contributed by atoms with van der Waals surface area (Å²) in [5.41, 5.74) is 6.60. The highest BCUT2D eigenvalue weighted by molar-refractivity contribution is 5.75. The quantitative estimate of drug-likeness (QED) is 0.372. The Morgan fingerprint density at radius 3 is 2.48 bits per heavy atom. The van der Waals surface area contributed by atoms with Crippen molar-refractivity contribution in [2.45, 2.75) is 84.0 Å². The summed E-state index contributed by atoms with van der Waals surface area (Å²) in [5, 5.41) is 14.5. The minimum absolute atomic E-state index is 0.0987. The van der Waals surface area contributed by atoms with Gasteiger partial charge in [0.25, 0.3) is 0 Å². The Balaban J connectivity index is 1.71. The number of rotatable bonds is 11. The first-order valence-corrected chi connectivity index (χ1v) is 12.3. The fourth-order valence-electron chi connectivity index (χ4n) is 4.79. The highest BCUT2D eigenvalue weighted by atomic mass is 16.3. The number of aryl methyl sites for hydroxylation is 1. The molecule has 2 nitrogen and oxygen atoms in total. The van der Waals surface area contributed by atoms with Crippen LogP contribution in [-0.2, 0) is 11.8 Å². The molecule has 0 saturated carbocycles. The smallest absolute Gasteiger partial charge is 0.123 e. The van der Waals surface area contributed by atoms with E-state index in [1.807, 2.05) is 6.07 Å². The topological polar surface area (TPSA) is 32.3 Å². The summed E-state index contributed by atoms with van der Waals surface area (Å²) in [6, 6.07) is 17.2. The van der Waals surface area contributed by atoms with Gasteiger partial charge in [-0.2, -0.15) is 0 Å². The number of benzene rings is 2. The average molecular weight is 420 g/mol. The minimum Gasteiger partial charge on any atom is -0.507 e. The van der Waals surface area contributed by atoms with Crippen LogP contribution in [0.25, 0.3) is 5.57 Å². The van der Waals surface area contributed by atoms with Crippen molar-refractivity contribution in [3.05, 3.63) is 70.8 Å². The van der Waals surface area contributed by atoms with Crippen LogP contribution in [0, 0.1) is 0 Å². The normalized spacial score (nSPS) is 14.8. The zero-order valence-corrected chi connectivity index (χ0v) is 19.8. The monoisotopic (exact) mass is 419 g/mol. The van der Waals surface area contributed by atoms with E-state index in [2.05, 4.69) is 68.6 Å². The summed E-state index contributed by atoms with van der Waals surface area (Å²) < 4.78 is 0. The van der Waals surface area contributed by atoms with Crippen molar-refractivity contribution >= 4 is 5.57 Å². The second-order valence-corrected chi connectivity index (χ2v) is 9.77. The van der Waals surface area contributed by atoms with Crippen LogP contribution in [0.4, 0.5) is 0 Å². The molecule has 2 N–H and O–H groups in total. The Bertz CT molecular complexity index is 850. The molecule has 0 atom stereocenters. The van der Waals surface area contributed by atoms with Crippen LogP contribution < -0.4 is 5.32 Å². The third-order valence-electron chi connectivity index (χ3n) is 6.88. The largest absolute Gasteiger partial charge is 0.507 e. The number of hydrogen-bond acceptors (Lipinski definition) is 2. The lowest BCUT2D eigenvalue weighted by atomic mass is 9.79. The molecule has 2 heteroatoms. The molecule has 0 radical (unpaired) electrons. The Hall–Kier alpha value is -2.06. The van der Waals surface area contributed by atoms with Crippen LogP contribution >= 0.6 is 0 Å². The van der Waals surface area contributed by atoms with Gasteiger partial charge in [0.15, 0.2) is 0 Å². The van der Waals surface area contributed by atoms with Crippen LogP contribution in [0.5, 0.6) is 5.75 Å². The van der Waals surface area contributed by atoms with E-state index < -0.39 is 0 Å². The molecule has 0 amide bonds. The van der Waals surface area contributed by atoms with E-state index in [0.717, 1.165) is 44.3 Å². The molecule has 0 aromatic heterocycles. The summed E-state index contributed by atoms with van der Waals surface area (Å²) in [6.07, 6.45) is 10.8. The molecule has 1 heterocycles. The Morgan fingerprint density at radius 2 is 1.74 bits per heavy atom. The molecule has 31 heavy (non-hydrogen) atoms. The first-order chi connectivity index (χ1) is 15.0. The molecule has 0 fully saturated rings. The number of nitrogens with one attached hydrogen (secondary N) is 1. The van der Waals surface area contributed by atoms with Gasteiger partial charge in [-0.15, -0.1) is 0 Å². The predicted octanol–water partition coefficient (Wildman–Crippen LogP) is 7.41. The molecule has 0 unspecified atom stereocenters. The minimum atomic E-state index is 0.0987. The number of hydrogen-bond donors (Lipinski definition) is 2. The highest BCUT2D eigenvalue weighted by Crippen LogP contribution is 2.37. The van der Waals surface area contributed by atoms with Gasteiger partial charge in [0.2, 0.25) is 0 Å². The number of phenols is 1. The molecular formula is C29H41NO. The molecule has 2 aromatic rings. The Kier molecular flexibility index (Phi) is 8.78. The maximum Gasteiger partial charge on any atom is 0.123 e. The van der Waals surface area contributed by atoms with Gasteiger partial charge in [-0.3, -0.25) is 0 Å². The van der Waals surface area contributed by atoms with Crippen molar-refractivity contribution in [3.63, 3.8) is 0 Å². The number of unbranched alkanes of at least 4 members (excludes halogenated alkanes) is 3. The lowest BCUT2D eigenvalue weighted by molar-refractivity contribution is 0.437. The van der Waals surface area contributed by atoms with Crippen LogP contribution in [0.2, 0.25) is 0 Å². The van der Waals surface area contributed by atoms with Gasteiger partial charge < -0.3 is 10.4 Å². The SMILES string of the molecule is CCCCCCC(C)(C)c1ccc(C2=C(CCCc3ccccc3)CCNC2)c(O)c1. The van der Waals surface area contributed by atoms with Gasteiger partial charge in [0, 0.05) is 12.1 Å². The fourth-order valence-corrected chi connectivity index (χ4v) is 4.79. The number of aromatic hydroxyl groups is 1. The zero-order chi connectivity index (χ0) is 22.1. The first kappa shape index (κ1) is 23.6. The Labute approximate surface area is 189 Å². The van der Waals surface area contributed by atoms with Gasteiger partial charge in [-0.05, 0) is 66.8 Å². The highest BCUT2D eigenvalue weighted by Gasteiger charge is 2.23. The second-order valence-electron chi connectivity index (χ2n) is 9.77. The van der Waals surface area contributed by atoms with E-state index in [9.17, 15) is 5.11 Å². The molecule has 2 aromatic carbocycles. The molecule has 0 saturated heterocycles. The Morgan fingerprint density at radius 1 is 0.935 bits per heavy atom. The van der Waals surface area contributed by atoms with Gasteiger partial charge in [-0.1, -0.05) is 94.5 Å². The van der Waals surface area contributed by atoms with E-state index >= 15 is 0 Å². The van der Waals surface area contributed by atoms with Gasteiger partial charge >= 0.3 is 0 Å². The van der Waals surface area contributed by atoms with Crippen molar-refractivity contribution < 1.29 is 5.11 Å². The summed E-state index contributed by atoms with van der Waals surface area (Å²) in [6.45, 7) is 8.77. The standard InChI is InChI=1S/C29H41NO/c1-4-5-6-10-19-29(2,3)25-16-17-26(28(31)21-25)27-22-30-20-18-24(27)15-11-14-23-12-8-7-9-13-23/h7-9,12-13,16-17,21,30-31H,4-6,10-11,14-15,18-20,22H2,1-3H3. The lowest BCUT2D eigenvalue weighted by Crippen LogP contribution is -2.24. The molecule has 0 spiro atoms. The summed E-state index contributed by atoms with van der Waals surface area (Å²) in [5.74, 6) is 0.443. The molecule has 1 aliphatic heterocycles. The van der Waals surface area contributed by atoms with Crippen LogP contribution in [0.3, 0.4) is 0 Å². The predicted molar refractivity (Wildman–Crippen MR) is 134 cm³/mol. The third kappa shape index (κ3) is 6.71. The van der Waals surface area contributed by atoms with E-state index in [0.29, 0.717) is 5.75 Å². The molecule has 168 valence electrons. The van der Waals surface area contributed by atoms with Crippen LogP contribution in [-0.4, -0.2) is 18.2 Å². The zero-order valence-electron chi connectivity index (χ0n) is 19.8. The van der Waals surface area contributed by atoms with E-state index in [1.165, 1.54) is 54.4 Å². The van der Waals surface area contributed by atoms with Gasteiger partial charge in [0.1, 0.15) is 5.75 Å². The summed E-state index contributed by atoms with van der Waals surface area (Å²) >= 11 is 0. The van der Waals surface area contributed by atoms with Gasteiger partial charge in [0.05, 0.1) is 0 Å². The van der Waals surface area contributed by atoms with Crippen LogP contribution in [0.15, 0.2) is 54.1 Å². The van der Waals surface area contributed by atoms with Crippen molar-refractivity contribution in [2.75, 3.05) is 13.1 Å². The van der Waals surface area contributed by atoms with E-state index in [-0.39, 0.29) is 5.41 Å². The third-order valence-corrected chi connectivity index (χ3v) is 6.88. The molecule has 0 bridgehead atoms. The molecule has 1 aliphatic rings. The van der Waals surface area contributed by atoms with E-state index in [1.54, 1.807) is 0 Å². The lowest BCUT2D eigenvalue weighted by Gasteiger charge is -2.27. The summed E-state index contributed by atoms with van der Waals surface area (Å²) in [4.78, 5) is 0. The van der Waals surface area contributed by atoms with Crippen molar-refractivity contribution in [2.24, 2.45) is 0 Å². The molecule has 3 rings (SSSR count). The van der Waals surface area contributed by atoms with E-state index in [4.69, 9.17) is 0 Å². The first-order valence-electron chi connectivity index (χ1n) is 12.3. The molecular weight excluding hydrogens is 378 g/mol.